The predicted octanol–water partition coefficient (Wildman–Crippen LogP) is 6.41. The molecule has 0 aliphatic carbocycles. The van der Waals surface area contributed by atoms with Crippen LogP contribution in [-0.4, -0.2) is 70.1 Å². The van der Waals surface area contributed by atoms with Gasteiger partial charge in [0.15, 0.2) is 0 Å². The normalized spacial score (nSPS) is 13.3. The van der Waals surface area contributed by atoms with Gasteiger partial charge in [0.1, 0.15) is 24.0 Å². The van der Waals surface area contributed by atoms with Crippen LogP contribution in [-0.2, 0) is 26.9 Å². The Morgan fingerprint density at radius 3 is 2.33 bits per heavy atom. The lowest BCUT2D eigenvalue weighted by atomic mass is 9.92. The number of aryl methyl sites for hydroxylation is 1. The van der Waals surface area contributed by atoms with Crippen LogP contribution in [0.5, 0.6) is 5.75 Å². The first-order valence-electron chi connectivity index (χ1n) is 16.3. The van der Waals surface area contributed by atoms with Gasteiger partial charge in [-0.05, 0) is 48.9 Å². The van der Waals surface area contributed by atoms with Gasteiger partial charge in [-0.1, -0.05) is 62.7 Å². The third-order valence-corrected chi connectivity index (χ3v) is 9.24. The number of aromatic nitrogens is 3. The maximum atomic E-state index is 13.4. The van der Waals surface area contributed by atoms with Gasteiger partial charge in [-0.25, -0.2) is 36.8 Å². The topological polar surface area (TPSA) is 177 Å². The van der Waals surface area contributed by atoms with Gasteiger partial charge >= 0.3 is 18.2 Å². The molecule has 0 unspecified atom stereocenters. The zero-order chi connectivity index (χ0) is 37.2. The molecule has 5 aromatic rings. The van der Waals surface area contributed by atoms with Gasteiger partial charge < -0.3 is 14.9 Å². The fraction of sp³-hybridized carbons (Fsp3) is 0.250. The third-order valence-electron chi connectivity index (χ3n) is 8.11. The van der Waals surface area contributed by atoms with Gasteiger partial charge in [0, 0.05) is 28.5 Å². The minimum Gasteiger partial charge on any atom is -0.488 e. The molecule has 52 heavy (non-hydrogen) atoms. The van der Waals surface area contributed by atoms with E-state index >= 15 is 0 Å². The summed E-state index contributed by atoms with van der Waals surface area (Å²) in [6, 6.07) is 22.7. The van der Waals surface area contributed by atoms with Crippen molar-refractivity contribution in [3.8, 4) is 11.4 Å². The smallest absolute Gasteiger partial charge is 0.437 e. The molecular weight excluding hydrogens is 689 g/mol. The molecule has 0 bridgehead atoms. The fourth-order valence-corrected chi connectivity index (χ4v) is 6.19. The summed E-state index contributed by atoms with van der Waals surface area (Å²) < 4.78 is 32.0. The van der Waals surface area contributed by atoms with Gasteiger partial charge in [0.05, 0.1) is 36.4 Å². The van der Waals surface area contributed by atoms with E-state index in [0.29, 0.717) is 32.2 Å². The van der Waals surface area contributed by atoms with E-state index in [1.165, 1.54) is 6.20 Å². The molecule has 0 spiro atoms. The summed E-state index contributed by atoms with van der Waals surface area (Å²) in [4.78, 5) is 47.2. The molecular formula is C36H38N8O7S. The van der Waals surface area contributed by atoms with Crippen molar-refractivity contribution < 1.29 is 32.4 Å². The molecule has 270 valence electrons. The Morgan fingerprint density at radius 2 is 1.63 bits per heavy atom. The molecule has 1 fully saturated rings. The van der Waals surface area contributed by atoms with Crippen LogP contribution >= 0.6 is 0 Å². The van der Waals surface area contributed by atoms with E-state index in [0.717, 1.165) is 34.0 Å². The van der Waals surface area contributed by atoms with Crippen molar-refractivity contribution in [2.24, 2.45) is 0 Å². The van der Waals surface area contributed by atoms with Crippen LogP contribution in [0.4, 0.5) is 31.7 Å². The van der Waals surface area contributed by atoms with Gasteiger partial charge in [0.25, 0.3) is 0 Å². The maximum Gasteiger partial charge on any atom is 0.437 e. The summed E-state index contributed by atoms with van der Waals surface area (Å²) in [6.45, 7) is 8.07. The quantitative estimate of drug-likeness (QED) is 0.155. The van der Waals surface area contributed by atoms with Gasteiger partial charge in [-0.3, -0.25) is 10.6 Å². The molecule has 3 aromatic carbocycles. The van der Waals surface area contributed by atoms with Crippen LogP contribution < -0.4 is 20.7 Å². The number of ether oxygens (including phenoxy) is 1. The molecule has 15 nitrogen and oxygen atoms in total. The number of hydrogen-bond acceptors (Lipinski definition) is 9. The Bertz CT molecular complexity index is 2270. The third kappa shape index (κ3) is 8.07. The van der Waals surface area contributed by atoms with Crippen LogP contribution in [0.1, 0.15) is 37.6 Å². The number of carbonyl (C=O) groups excluding carboxylic acids is 3. The summed E-state index contributed by atoms with van der Waals surface area (Å²) in [5.74, 6) is 1.21. The summed E-state index contributed by atoms with van der Waals surface area (Å²) in [5, 5.41) is 15.3. The van der Waals surface area contributed by atoms with Gasteiger partial charge in [0.2, 0.25) is 10.0 Å². The van der Waals surface area contributed by atoms with Gasteiger partial charge in [-0.2, -0.15) is 5.10 Å². The summed E-state index contributed by atoms with van der Waals surface area (Å²) in [5.41, 5.74) is 3.76. The van der Waals surface area contributed by atoms with E-state index in [1.54, 1.807) is 28.9 Å². The Hall–Kier alpha value is -6.16. The average molecular weight is 727 g/mol. The SMILES string of the molecule is Cc1ccc(-n2nc(C(C)(C)C)cc2NC(=O)Nc2ccc(OCc3ccnc(NC(=O)ON4CCN(S(C)(=O)=O)C4=O)c3)c3ccccc23)cc1. The molecule has 3 heterocycles. The first-order chi connectivity index (χ1) is 24.7. The molecule has 1 saturated heterocycles. The minimum absolute atomic E-state index is 0.106. The second kappa shape index (κ2) is 14.2. The molecule has 0 saturated carbocycles. The van der Waals surface area contributed by atoms with Crippen molar-refractivity contribution in [1.29, 1.82) is 0 Å². The lowest BCUT2D eigenvalue weighted by Crippen LogP contribution is -2.37. The van der Waals surface area contributed by atoms with Crippen LogP contribution in [0.25, 0.3) is 16.5 Å². The Morgan fingerprint density at radius 1 is 0.904 bits per heavy atom. The van der Waals surface area contributed by atoms with Crippen LogP contribution in [0.15, 0.2) is 85.1 Å². The number of amides is 5. The highest BCUT2D eigenvalue weighted by Gasteiger charge is 2.37. The van der Waals surface area contributed by atoms with Crippen LogP contribution in [0.2, 0.25) is 0 Å². The summed E-state index contributed by atoms with van der Waals surface area (Å²) >= 11 is 0. The van der Waals surface area contributed by atoms with Gasteiger partial charge in [-0.15, -0.1) is 5.06 Å². The predicted molar refractivity (Wildman–Crippen MR) is 196 cm³/mol. The number of sulfonamides is 1. The lowest BCUT2D eigenvalue weighted by molar-refractivity contribution is -0.0364. The van der Waals surface area contributed by atoms with Crippen molar-refractivity contribution in [1.82, 2.24) is 24.1 Å². The molecule has 3 N–H and O–H groups in total. The van der Waals surface area contributed by atoms with E-state index < -0.39 is 28.2 Å². The molecule has 16 heteroatoms. The second-order valence-corrected chi connectivity index (χ2v) is 15.1. The number of rotatable bonds is 9. The number of urea groups is 2. The lowest BCUT2D eigenvalue weighted by Gasteiger charge is -2.16. The zero-order valence-corrected chi connectivity index (χ0v) is 30.0. The monoisotopic (exact) mass is 726 g/mol. The number of nitrogens with one attached hydrogen (secondary N) is 3. The number of fused-ring (bicyclic) bond motifs is 1. The Balaban J connectivity index is 1.12. The maximum absolute atomic E-state index is 13.4. The first-order valence-corrected chi connectivity index (χ1v) is 18.1. The number of hydrogen-bond donors (Lipinski definition) is 3. The Kier molecular flexibility index (Phi) is 9.75. The first kappa shape index (κ1) is 35.7. The van der Waals surface area contributed by atoms with Crippen molar-refractivity contribution in [2.75, 3.05) is 35.3 Å². The molecule has 0 atom stereocenters. The van der Waals surface area contributed by atoms with E-state index in [-0.39, 0.29) is 30.9 Å². The fourth-order valence-electron chi connectivity index (χ4n) is 5.41. The van der Waals surface area contributed by atoms with E-state index in [2.05, 4.69) is 41.7 Å². The van der Waals surface area contributed by atoms with E-state index in [1.807, 2.05) is 61.5 Å². The van der Waals surface area contributed by atoms with Crippen LogP contribution in [0.3, 0.4) is 0 Å². The molecule has 6 rings (SSSR count). The number of hydroxylamine groups is 2. The van der Waals surface area contributed by atoms with Crippen molar-refractivity contribution >= 4 is 56.3 Å². The largest absolute Gasteiger partial charge is 0.488 e. The highest BCUT2D eigenvalue weighted by molar-refractivity contribution is 7.88. The number of pyridine rings is 1. The van der Waals surface area contributed by atoms with E-state index in [4.69, 9.17) is 14.7 Å². The molecule has 2 aromatic heterocycles. The Labute approximate surface area is 300 Å². The summed E-state index contributed by atoms with van der Waals surface area (Å²) in [7, 11) is -3.78. The van der Waals surface area contributed by atoms with Crippen LogP contribution in [0, 0.1) is 6.92 Å². The summed E-state index contributed by atoms with van der Waals surface area (Å²) in [6.07, 6.45) is 1.36. The highest BCUT2D eigenvalue weighted by Crippen LogP contribution is 2.33. The standard InChI is InChI=1S/C36H38N8O7S/c1-23-10-12-25(13-11-23)44-32(21-30(41-44)36(2,3)4)40-33(45)38-28-14-15-29(27-9-7-6-8-26(27)28)50-22-24-16-17-37-31(20-24)39-34(46)51-42-18-19-43(35(42)47)52(5,48)49/h6-17,20-21H,18-19,22H2,1-5H3,(H,37,39,46)(H2,38,40,45). The van der Waals surface area contributed by atoms with Crippen molar-refractivity contribution in [3.63, 3.8) is 0 Å². The highest BCUT2D eigenvalue weighted by atomic mass is 32.2. The second-order valence-electron chi connectivity index (χ2n) is 13.2. The van der Waals surface area contributed by atoms with E-state index in [9.17, 15) is 22.8 Å². The molecule has 0 radical (unpaired) electrons. The van der Waals surface area contributed by atoms with Crippen molar-refractivity contribution in [2.45, 2.75) is 39.7 Å². The molecule has 5 amide bonds. The number of carbonyl (C=O) groups is 3. The molecule has 1 aliphatic rings. The average Bonchev–Trinajstić information content (AvgIpc) is 3.68. The number of anilines is 3. The van der Waals surface area contributed by atoms with Crippen molar-refractivity contribution in [3.05, 3.63) is 102 Å². The minimum atomic E-state index is -3.78. The zero-order valence-electron chi connectivity index (χ0n) is 29.2. The molecule has 1 aliphatic heterocycles. The number of nitrogens with zero attached hydrogens (tertiary/aromatic N) is 5. The number of benzene rings is 3.